The molecule has 0 bridgehead atoms. The maximum atomic E-state index is 11.8. The van der Waals surface area contributed by atoms with E-state index in [0.29, 0.717) is 30.2 Å². The zero-order chi connectivity index (χ0) is 13.5. The predicted octanol–water partition coefficient (Wildman–Crippen LogP) is 1.07. The normalized spacial score (nSPS) is 9.95. The van der Waals surface area contributed by atoms with Crippen molar-refractivity contribution in [1.29, 1.82) is 0 Å². The van der Waals surface area contributed by atoms with E-state index in [0.717, 1.165) is 0 Å². The van der Waals surface area contributed by atoms with Crippen LogP contribution in [0.3, 0.4) is 0 Å². The number of amides is 1. The highest BCUT2D eigenvalue weighted by Gasteiger charge is 2.05. The Balaban J connectivity index is 1.98. The molecule has 6 nitrogen and oxygen atoms in total. The highest BCUT2D eigenvalue weighted by Crippen LogP contribution is 2.16. The van der Waals surface area contributed by atoms with Crippen molar-refractivity contribution in [3.05, 3.63) is 48.3 Å². The molecule has 19 heavy (non-hydrogen) atoms. The molecule has 0 unspecified atom stereocenters. The number of nitrogens with one attached hydrogen (secondary N) is 1. The van der Waals surface area contributed by atoms with Crippen LogP contribution in [0.15, 0.2) is 42.7 Å². The molecule has 0 spiro atoms. The van der Waals surface area contributed by atoms with Crippen LogP contribution in [0, 0.1) is 0 Å². The Labute approximate surface area is 110 Å². The van der Waals surface area contributed by atoms with Gasteiger partial charge in [0.05, 0.1) is 18.0 Å². The minimum atomic E-state index is -0.231. The summed E-state index contributed by atoms with van der Waals surface area (Å²) in [7, 11) is 0. The van der Waals surface area contributed by atoms with Crippen LogP contribution in [0.1, 0.15) is 10.4 Å². The summed E-state index contributed by atoms with van der Waals surface area (Å²) < 4.78 is 5.34. The molecule has 0 radical (unpaired) electrons. The minimum absolute atomic E-state index is 0.231. The summed E-state index contributed by atoms with van der Waals surface area (Å²) in [6.45, 7) is 0.932. The fourth-order valence-electron chi connectivity index (χ4n) is 1.44. The first-order valence-corrected chi connectivity index (χ1v) is 5.80. The van der Waals surface area contributed by atoms with E-state index in [1.54, 1.807) is 30.3 Å². The van der Waals surface area contributed by atoms with Crippen molar-refractivity contribution in [2.75, 3.05) is 18.5 Å². The summed E-state index contributed by atoms with van der Waals surface area (Å²) in [5, 5.41) is 10.0. The van der Waals surface area contributed by atoms with Gasteiger partial charge in [-0.25, -0.2) is 0 Å². The number of ether oxygens (including phenoxy) is 1. The van der Waals surface area contributed by atoms with Crippen molar-refractivity contribution >= 4 is 11.6 Å². The molecule has 2 rings (SSSR count). The molecule has 3 N–H and O–H groups in total. The maximum absolute atomic E-state index is 11.8. The van der Waals surface area contributed by atoms with Crippen LogP contribution >= 0.6 is 0 Å². The Morgan fingerprint density at radius 3 is 2.63 bits per heavy atom. The second-order valence-corrected chi connectivity index (χ2v) is 3.75. The molecule has 1 aromatic heterocycles. The third kappa shape index (κ3) is 3.75. The molecule has 1 aromatic carbocycles. The lowest BCUT2D eigenvalue weighted by molar-refractivity contribution is 0.102. The quantitative estimate of drug-likeness (QED) is 0.837. The van der Waals surface area contributed by atoms with E-state index < -0.39 is 0 Å². The lowest BCUT2D eigenvalue weighted by atomic mass is 10.2. The third-order valence-electron chi connectivity index (χ3n) is 2.35. The Kier molecular flexibility index (Phi) is 4.41. The van der Waals surface area contributed by atoms with Gasteiger partial charge in [-0.2, -0.15) is 10.2 Å². The van der Waals surface area contributed by atoms with E-state index >= 15 is 0 Å². The summed E-state index contributed by atoms with van der Waals surface area (Å²) in [4.78, 5) is 11.8. The number of carbonyl (C=O) groups excluding carboxylic acids is 1. The van der Waals surface area contributed by atoms with Gasteiger partial charge in [-0.3, -0.25) is 4.79 Å². The second-order valence-electron chi connectivity index (χ2n) is 3.75. The number of rotatable bonds is 5. The third-order valence-corrected chi connectivity index (χ3v) is 2.35. The highest BCUT2D eigenvalue weighted by atomic mass is 16.5. The first-order chi connectivity index (χ1) is 9.29. The molecule has 0 aliphatic carbocycles. The molecule has 2 aromatic rings. The average Bonchev–Trinajstić information content (AvgIpc) is 2.47. The van der Waals surface area contributed by atoms with Crippen molar-refractivity contribution in [3.8, 4) is 5.75 Å². The molecule has 1 amide bonds. The van der Waals surface area contributed by atoms with Gasteiger partial charge in [-0.15, -0.1) is 0 Å². The maximum Gasteiger partial charge on any atom is 0.257 e. The molecule has 0 aliphatic heterocycles. The zero-order valence-electron chi connectivity index (χ0n) is 10.2. The first-order valence-electron chi connectivity index (χ1n) is 5.80. The van der Waals surface area contributed by atoms with Gasteiger partial charge in [-0.1, -0.05) is 0 Å². The smallest absolute Gasteiger partial charge is 0.257 e. The van der Waals surface area contributed by atoms with Gasteiger partial charge >= 0.3 is 0 Å². The van der Waals surface area contributed by atoms with Crippen LogP contribution in [0.4, 0.5) is 5.69 Å². The number of hydrogen-bond acceptors (Lipinski definition) is 5. The summed E-state index contributed by atoms with van der Waals surface area (Å²) in [6.07, 6.45) is 2.88. The van der Waals surface area contributed by atoms with Crippen molar-refractivity contribution in [2.45, 2.75) is 0 Å². The van der Waals surface area contributed by atoms with Crippen molar-refractivity contribution in [2.24, 2.45) is 5.73 Å². The van der Waals surface area contributed by atoms with Crippen molar-refractivity contribution in [1.82, 2.24) is 10.2 Å². The summed E-state index contributed by atoms with van der Waals surface area (Å²) >= 11 is 0. The van der Waals surface area contributed by atoms with E-state index in [2.05, 4.69) is 15.5 Å². The average molecular weight is 258 g/mol. The number of carbonyl (C=O) groups is 1. The molecule has 0 fully saturated rings. The fraction of sp³-hybridized carbons (Fsp3) is 0.154. The number of nitrogens with zero attached hydrogens (tertiary/aromatic N) is 2. The van der Waals surface area contributed by atoms with Crippen molar-refractivity contribution < 1.29 is 9.53 Å². The van der Waals surface area contributed by atoms with E-state index in [9.17, 15) is 4.79 Å². The molecule has 1 heterocycles. The second kappa shape index (κ2) is 6.46. The first kappa shape index (κ1) is 13.0. The van der Waals surface area contributed by atoms with Crippen LogP contribution in [-0.2, 0) is 0 Å². The lowest BCUT2D eigenvalue weighted by Gasteiger charge is -2.07. The number of hydrogen-bond donors (Lipinski definition) is 2. The molecular weight excluding hydrogens is 244 g/mol. The zero-order valence-corrected chi connectivity index (χ0v) is 10.2. The fourth-order valence-corrected chi connectivity index (χ4v) is 1.44. The molecule has 0 atom stereocenters. The number of benzene rings is 1. The van der Waals surface area contributed by atoms with Gasteiger partial charge in [0.1, 0.15) is 12.4 Å². The number of aromatic nitrogens is 2. The molecular formula is C13H14N4O2. The highest BCUT2D eigenvalue weighted by molar-refractivity contribution is 6.03. The Morgan fingerprint density at radius 1 is 1.21 bits per heavy atom. The molecule has 6 heteroatoms. The Morgan fingerprint density at radius 2 is 2.00 bits per heavy atom. The molecule has 0 saturated heterocycles. The molecule has 98 valence electrons. The van der Waals surface area contributed by atoms with E-state index in [4.69, 9.17) is 10.5 Å². The largest absolute Gasteiger partial charge is 0.492 e. The van der Waals surface area contributed by atoms with Crippen LogP contribution in [0.5, 0.6) is 5.75 Å². The van der Waals surface area contributed by atoms with E-state index in [1.807, 2.05) is 0 Å². The summed E-state index contributed by atoms with van der Waals surface area (Å²) in [5.74, 6) is 0.486. The Bertz CT molecular complexity index is 528. The van der Waals surface area contributed by atoms with Crippen LogP contribution in [-0.4, -0.2) is 29.3 Å². The minimum Gasteiger partial charge on any atom is -0.492 e. The predicted molar refractivity (Wildman–Crippen MR) is 71.0 cm³/mol. The van der Waals surface area contributed by atoms with Gasteiger partial charge < -0.3 is 15.8 Å². The van der Waals surface area contributed by atoms with Crippen LogP contribution in [0.25, 0.3) is 0 Å². The number of anilines is 1. The Hall–Kier alpha value is -2.47. The topological polar surface area (TPSA) is 90.1 Å². The monoisotopic (exact) mass is 258 g/mol. The van der Waals surface area contributed by atoms with Crippen molar-refractivity contribution in [3.63, 3.8) is 0 Å². The van der Waals surface area contributed by atoms with E-state index in [-0.39, 0.29) is 5.91 Å². The van der Waals surface area contributed by atoms with Crippen LogP contribution < -0.4 is 15.8 Å². The van der Waals surface area contributed by atoms with Gasteiger partial charge in [0.25, 0.3) is 5.91 Å². The van der Waals surface area contributed by atoms with Gasteiger partial charge in [-0.05, 0) is 30.3 Å². The van der Waals surface area contributed by atoms with Gasteiger partial charge in [0.2, 0.25) is 0 Å². The van der Waals surface area contributed by atoms with E-state index in [1.165, 1.54) is 12.4 Å². The SMILES string of the molecule is NCCOc1ccc(NC(=O)c2ccnnc2)cc1. The standard InChI is InChI=1S/C13H14N4O2/c14-6-8-19-12-3-1-11(2-4-12)17-13(18)10-5-7-15-16-9-10/h1-5,7,9H,6,8,14H2,(H,17,18). The van der Waals surface area contributed by atoms with Gasteiger partial charge in [0, 0.05) is 12.2 Å². The van der Waals surface area contributed by atoms with Gasteiger partial charge in [0.15, 0.2) is 0 Å². The lowest BCUT2D eigenvalue weighted by Crippen LogP contribution is -2.12. The summed E-state index contributed by atoms with van der Waals surface area (Å²) in [5.41, 5.74) is 6.48. The van der Waals surface area contributed by atoms with Crippen LogP contribution in [0.2, 0.25) is 0 Å². The molecule has 0 saturated carbocycles. The molecule has 0 aliphatic rings. The summed E-state index contributed by atoms with van der Waals surface area (Å²) in [6, 6.07) is 8.67. The number of nitrogens with two attached hydrogens (primary N) is 1.